The highest BCUT2D eigenvalue weighted by atomic mass is 16.3. The number of furan rings is 1. The average Bonchev–Trinajstić information content (AvgIpc) is 2.73. The third kappa shape index (κ3) is 2.66. The molecule has 0 bridgehead atoms. The van der Waals surface area contributed by atoms with Crippen LogP contribution in [0.15, 0.2) is 22.8 Å². The Bertz CT molecular complexity index is 308. The molecule has 0 radical (unpaired) electrons. The molecular formula is C13H22N2O. The third-order valence-electron chi connectivity index (χ3n) is 3.45. The van der Waals surface area contributed by atoms with Gasteiger partial charge in [0, 0.05) is 25.7 Å². The molecule has 0 amide bonds. The number of hydrogen-bond donors (Lipinski definition) is 0. The van der Waals surface area contributed by atoms with Crippen molar-refractivity contribution in [2.24, 2.45) is 5.92 Å². The lowest BCUT2D eigenvalue weighted by atomic mass is 9.99. The first kappa shape index (κ1) is 11.7. The molecular weight excluding hydrogens is 200 g/mol. The molecule has 90 valence electrons. The summed E-state index contributed by atoms with van der Waals surface area (Å²) in [6, 6.07) is 4.68. The summed E-state index contributed by atoms with van der Waals surface area (Å²) in [7, 11) is 2.21. The largest absolute Gasteiger partial charge is 0.468 e. The van der Waals surface area contributed by atoms with Crippen molar-refractivity contribution in [1.82, 2.24) is 9.80 Å². The van der Waals surface area contributed by atoms with Gasteiger partial charge >= 0.3 is 0 Å². The van der Waals surface area contributed by atoms with E-state index in [0.29, 0.717) is 12.0 Å². The van der Waals surface area contributed by atoms with Crippen molar-refractivity contribution in [2.75, 3.05) is 26.7 Å². The first-order chi connectivity index (χ1) is 7.66. The fourth-order valence-electron chi connectivity index (χ4n) is 2.42. The number of likely N-dealkylation sites (N-methyl/N-ethyl adjacent to an activating group) is 1. The normalized spacial score (nSPS) is 24.1. The Morgan fingerprint density at radius 3 is 2.88 bits per heavy atom. The molecule has 1 aliphatic heterocycles. The summed E-state index contributed by atoms with van der Waals surface area (Å²) in [5.41, 5.74) is 0. The lowest BCUT2D eigenvalue weighted by Gasteiger charge is -2.41. The van der Waals surface area contributed by atoms with Gasteiger partial charge in [-0.3, -0.25) is 4.90 Å². The summed E-state index contributed by atoms with van der Waals surface area (Å²) in [5, 5.41) is 0. The van der Waals surface area contributed by atoms with Crippen molar-refractivity contribution in [3.63, 3.8) is 0 Å². The predicted octanol–water partition coefficient (Wildman–Crippen LogP) is 2.05. The Hall–Kier alpha value is -0.800. The molecule has 1 aromatic rings. The van der Waals surface area contributed by atoms with Crippen molar-refractivity contribution in [3.8, 4) is 0 Å². The molecule has 0 unspecified atom stereocenters. The fraction of sp³-hybridized carbons (Fsp3) is 0.692. The van der Waals surface area contributed by atoms with Gasteiger partial charge in [-0.15, -0.1) is 0 Å². The van der Waals surface area contributed by atoms with Crippen LogP contribution < -0.4 is 0 Å². The van der Waals surface area contributed by atoms with Gasteiger partial charge in [0.25, 0.3) is 0 Å². The molecule has 0 spiro atoms. The number of hydrogen-bond acceptors (Lipinski definition) is 3. The van der Waals surface area contributed by atoms with Crippen LogP contribution in [0.3, 0.4) is 0 Å². The van der Waals surface area contributed by atoms with Crippen LogP contribution in [-0.4, -0.2) is 42.5 Å². The zero-order valence-corrected chi connectivity index (χ0v) is 10.5. The topological polar surface area (TPSA) is 19.6 Å². The number of piperazine rings is 1. The predicted molar refractivity (Wildman–Crippen MR) is 65.2 cm³/mol. The zero-order chi connectivity index (χ0) is 11.5. The standard InChI is InChI=1S/C13H22N2O/c1-11(2)13-10-14(3)6-7-15(13)9-12-5-4-8-16-12/h4-5,8,11,13H,6-7,9-10H2,1-3H3/t13-/m0/s1. The van der Waals surface area contributed by atoms with Crippen molar-refractivity contribution in [1.29, 1.82) is 0 Å². The SMILES string of the molecule is CC(C)[C@@H]1CN(C)CCN1Cc1ccco1. The molecule has 0 aliphatic carbocycles. The van der Waals surface area contributed by atoms with Crippen LogP contribution in [0, 0.1) is 5.92 Å². The second-order valence-electron chi connectivity index (χ2n) is 5.12. The first-order valence-electron chi connectivity index (χ1n) is 6.12. The first-order valence-corrected chi connectivity index (χ1v) is 6.12. The van der Waals surface area contributed by atoms with E-state index in [1.54, 1.807) is 6.26 Å². The van der Waals surface area contributed by atoms with Gasteiger partial charge in [-0.25, -0.2) is 0 Å². The van der Waals surface area contributed by atoms with Crippen molar-refractivity contribution < 1.29 is 4.42 Å². The maximum atomic E-state index is 5.44. The van der Waals surface area contributed by atoms with E-state index in [9.17, 15) is 0 Å². The molecule has 2 heterocycles. The fourth-order valence-corrected chi connectivity index (χ4v) is 2.42. The second kappa shape index (κ2) is 5.02. The molecule has 1 saturated heterocycles. The van der Waals surface area contributed by atoms with Crippen LogP contribution in [0.2, 0.25) is 0 Å². The van der Waals surface area contributed by atoms with Gasteiger partial charge < -0.3 is 9.32 Å². The Labute approximate surface area is 98.0 Å². The summed E-state index contributed by atoms with van der Waals surface area (Å²) in [5.74, 6) is 1.77. The molecule has 0 N–H and O–H groups in total. The average molecular weight is 222 g/mol. The zero-order valence-electron chi connectivity index (χ0n) is 10.5. The smallest absolute Gasteiger partial charge is 0.117 e. The number of rotatable bonds is 3. The van der Waals surface area contributed by atoms with Gasteiger partial charge in [0.05, 0.1) is 12.8 Å². The molecule has 3 nitrogen and oxygen atoms in total. The van der Waals surface area contributed by atoms with E-state index in [0.717, 1.165) is 25.4 Å². The maximum Gasteiger partial charge on any atom is 0.117 e. The summed E-state index contributed by atoms with van der Waals surface area (Å²) in [4.78, 5) is 4.97. The summed E-state index contributed by atoms with van der Waals surface area (Å²) < 4.78 is 5.44. The third-order valence-corrected chi connectivity index (χ3v) is 3.45. The van der Waals surface area contributed by atoms with Gasteiger partial charge in [-0.1, -0.05) is 13.8 Å². The molecule has 0 aromatic carbocycles. The highest BCUT2D eigenvalue weighted by molar-refractivity contribution is 4.99. The second-order valence-corrected chi connectivity index (χ2v) is 5.12. The van der Waals surface area contributed by atoms with E-state index < -0.39 is 0 Å². The molecule has 1 aliphatic rings. The Morgan fingerprint density at radius 1 is 1.44 bits per heavy atom. The van der Waals surface area contributed by atoms with Gasteiger partial charge in [0.2, 0.25) is 0 Å². The van der Waals surface area contributed by atoms with E-state index in [1.807, 2.05) is 6.07 Å². The highest BCUT2D eigenvalue weighted by Gasteiger charge is 2.27. The maximum absolute atomic E-state index is 5.44. The molecule has 1 fully saturated rings. The molecule has 0 saturated carbocycles. The van der Waals surface area contributed by atoms with Crippen molar-refractivity contribution >= 4 is 0 Å². The summed E-state index contributed by atoms with van der Waals surface area (Å²) in [6.45, 7) is 9.02. The van der Waals surface area contributed by atoms with Gasteiger partial charge in [-0.05, 0) is 25.1 Å². The minimum atomic E-state index is 0.642. The van der Waals surface area contributed by atoms with E-state index in [1.165, 1.54) is 6.54 Å². The van der Waals surface area contributed by atoms with Gasteiger partial charge in [0.1, 0.15) is 5.76 Å². The number of nitrogens with zero attached hydrogens (tertiary/aromatic N) is 2. The lowest BCUT2D eigenvalue weighted by molar-refractivity contribution is 0.0520. The molecule has 16 heavy (non-hydrogen) atoms. The Kier molecular flexibility index (Phi) is 3.66. The Morgan fingerprint density at radius 2 is 2.25 bits per heavy atom. The van der Waals surface area contributed by atoms with Gasteiger partial charge in [-0.2, -0.15) is 0 Å². The molecule has 1 atom stereocenters. The quantitative estimate of drug-likeness (QED) is 0.780. The van der Waals surface area contributed by atoms with Crippen molar-refractivity contribution in [3.05, 3.63) is 24.2 Å². The summed E-state index contributed by atoms with van der Waals surface area (Å²) >= 11 is 0. The molecule has 3 heteroatoms. The highest BCUT2D eigenvalue weighted by Crippen LogP contribution is 2.19. The van der Waals surface area contributed by atoms with Crippen molar-refractivity contribution in [2.45, 2.75) is 26.4 Å². The van der Waals surface area contributed by atoms with Gasteiger partial charge in [0.15, 0.2) is 0 Å². The van der Waals surface area contributed by atoms with Crippen LogP contribution in [0.1, 0.15) is 19.6 Å². The summed E-state index contributed by atoms with van der Waals surface area (Å²) in [6.07, 6.45) is 1.76. The molecule has 2 rings (SSSR count). The Balaban J connectivity index is 2.01. The van der Waals surface area contributed by atoms with E-state index in [-0.39, 0.29) is 0 Å². The van der Waals surface area contributed by atoms with Crippen LogP contribution in [0.4, 0.5) is 0 Å². The van der Waals surface area contributed by atoms with Crippen LogP contribution in [0.25, 0.3) is 0 Å². The molecule has 1 aromatic heterocycles. The lowest BCUT2D eigenvalue weighted by Crippen LogP contribution is -2.53. The van der Waals surface area contributed by atoms with Crippen LogP contribution in [-0.2, 0) is 6.54 Å². The monoisotopic (exact) mass is 222 g/mol. The van der Waals surface area contributed by atoms with Crippen LogP contribution in [0.5, 0.6) is 0 Å². The van der Waals surface area contributed by atoms with Crippen LogP contribution >= 0.6 is 0 Å². The minimum Gasteiger partial charge on any atom is -0.468 e. The van der Waals surface area contributed by atoms with E-state index in [4.69, 9.17) is 4.42 Å². The minimum absolute atomic E-state index is 0.642. The van der Waals surface area contributed by atoms with E-state index >= 15 is 0 Å². The van der Waals surface area contributed by atoms with E-state index in [2.05, 4.69) is 36.8 Å².